The lowest BCUT2D eigenvalue weighted by atomic mass is 9.95. The van der Waals surface area contributed by atoms with Gasteiger partial charge in [0.25, 0.3) is 0 Å². The summed E-state index contributed by atoms with van der Waals surface area (Å²) >= 11 is 0. The van der Waals surface area contributed by atoms with Crippen LogP contribution < -0.4 is 4.72 Å². The van der Waals surface area contributed by atoms with Crippen molar-refractivity contribution in [2.45, 2.75) is 194 Å². The molecule has 0 saturated carbocycles. The van der Waals surface area contributed by atoms with Gasteiger partial charge in [-0.05, 0) is 64.2 Å². The van der Waals surface area contributed by atoms with E-state index in [1.165, 1.54) is 25.3 Å². The molecule has 0 amide bonds. The Morgan fingerprint density at radius 3 is 1.43 bits per heavy atom. The second-order valence-electron chi connectivity index (χ2n) is 25.0. The van der Waals surface area contributed by atoms with Crippen LogP contribution in [-0.4, -0.2) is 176 Å². The van der Waals surface area contributed by atoms with Crippen LogP contribution in [0.2, 0.25) is 18.1 Å². The number of rotatable bonds is 34. The third kappa shape index (κ3) is 19.4. The Bertz CT molecular complexity index is 3550. The van der Waals surface area contributed by atoms with Crippen molar-refractivity contribution in [2.24, 2.45) is 0 Å². The second-order valence-corrected chi connectivity index (χ2v) is 31.4. The number of fused-ring (bicyclic) bond motifs is 1. The first kappa shape index (κ1) is 73.4. The molecule has 5 heterocycles. The van der Waals surface area contributed by atoms with Gasteiger partial charge < -0.3 is 85.7 Å². The summed E-state index contributed by atoms with van der Waals surface area (Å²) in [5.74, 6) is -0.779. The van der Waals surface area contributed by atoms with Gasteiger partial charge in [-0.2, -0.15) is 0 Å². The van der Waals surface area contributed by atoms with Crippen LogP contribution in [0.25, 0.3) is 0 Å². The molecule has 25 heteroatoms. The molecule has 0 spiro atoms. The fourth-order valence-corrected chi connectivity index (χ4v) is 16.9. The van der Waals surface area contributed by atoms with E-state index < -0.39 is 141 Å². The minimum absolute atomic E-state index is 0.00391. The zero-order valence-electron chi connectivity index (χ0n) is 55.8. The molecule has 6 aromatic rings. The van der Waals surface area contributed by atoms with Gasteiger partial charge in [0.2, 0.25) is 10.0 Å². The molecule has 5 aliphatic heterocycles. The van der Waals surface area contributed by atoms with Gasteiger partial charge in [0.1, 0.15) is 61.0 Å². The Balaban J connectivity index is 0.989. The molecule has 4 fully saturated rings. The van der Waals surface area contributed by atoms with Gasteiger partial charge in [-0.25, -0.2) is 17.9 Å². The van der Waals surface area contributed by atoms with Crippen molar-refractivity contribution in [1.29, 1.82) is 0 Å². The summed E-state index contributed by atoms with van der Waals surface area (Å²) in [7, 11) is -7.64. The van der Waals surface area contributed by atoms with E-state index in [0.29, 0.717) is 18.1 Å². The number of ether oxygens (including phenoxy) is 15. The van der Waals surface area contributed by atoms with Crippen molar-refractivity contribution < 1.29 is 104 Å². The minimum Gasteiger partial charge on any atom is -0.493 e. The summed E-state index contributed by atoms with van der Waals surface area (Å²) in [6, 6.07) is 55.0. The first-order valence-corrected chi connectivity index (χ1v) is 37.7. The van der Waals surface area contributed by atoms with Gasteiger partial charge in [0.05, 0.1) is 76.7 Å². The quantitative estimate of drug-likeness (QED) is 0.0251. The van der Waals surface area contributed by atoms with Crippen molar-refractivity contribution in [3.05, 3.63) is 222 Å². The van der Waals surface area contributed by atoms with Gasteiger partial charge in [-0.15, -0.1) is 0 Å². The lowest BCUT2D eigenvalue weighted by Gasteiger charge is -2.52. The monoisotopic (exact) mass is 1400 g/mol. The van der Waals surface area contributed by atoms with Gasteiger partial charge in [-0.1, -0.05) is 191 Å². The number of hydrogen-bond donors (Lipinski definition) is 3. The number of hydrogen-bond acceptors (Lipinski definition) is 22. The summed E-state index contributed by atoms with van der Waals surface area (Å²) in [5, 5.41) is 26.0. The summed E-state index contributed by atoms with van der Waals surface area (Å²) in [5.41, 5.74) is 4.26. The number of esters is 1. The number of benzene rings is 6. The molecule has 532 valence electrons. The van der Waals surface area contributed by atoms with Crippen molar-refractivity contribution in [3.8, 4) is 0 Å². The van der Waals surface area contributed by atoms with Crippen molar-refractivity contribution >= 4 is 30.5 Å². The van der Waals surface area contributed by atoms with Gasteiger partial charge in [-0.3, -0.25) is 4.79 Å². The lowest BCUT2D eigenvalue weighted by molar-refractivity contribution is -0.370. The van der Waals surface area contributed by atoms with E-state index in [9.17, 15) is 19.8 Å². The van der Waals surface area contributed by atoms with E-state index in [1.54, 1.807) is 24.3 Å². The molecule has 5 aliphatic rings. The Kier molecular flexibility index (Phi) is 26.4. The predicted octanol–water partition coefficient (Wildman–Crippen LogP) is 8.98. The van der Waals surface area contributed by atoms with Gasteiger partial charge in [0, 0.05) is 6.92 Å². The first-order chi connectivity index (χ1) is 48.2. The molecule has 0 unspecified atom stereocenters. The summed E-state index contributed by atoms with van der Waals surface area (Å²) in [6.45, 7) is 7.14. The Hall–Kier alpha value is -6.83. The fraction of sp³-hybridized carbons (Fsp3) is 0.459. The normalized spacial score (nSPS) is 29.2. The number of carbonyl (C=O) groups is 2. The van der Waals surface area contributed by atoms with E-state index in [-0.39, 0.29) is 64.4 Å². The van der Waals surface area contributed by atoms with E-state index in [4.69, 9.17) is 75.5 Å². The van der Waals surface area contributed by atoms with Crippen molar-refractivity contribution in [3.63, 3.8) is 0 Å². The van der Waals surface area contributed by atoms with Crippen LogP contribution in [0.5, 0.6) is 0 Å². The molecule has 23 nitrogen and oxygen atoms in total. The molecular weight excluding hydrogens is 1310 g/mol. The molecule has 11 rings (SSSR count). The Morgan fingerprint density at radius 1 is 0.485 bits per heavy atom. The second kappa shape index (κ2) is 35.7. The zero-order chi connectivity index (χ0) is 69.1. The van der Waals surface area contributed by atoms with Crippen LogP contribution in [0.1, 0.15) is 55.5 Å². The van der Waals surface area contributed by atoms with Crippen LogP contribution >= 0.6 is 0 Å². The Morgan fingerprint density at radius 2 is 0.919 bits per heavy atom. The average molecular weight is 1400 g/mol. The zero-order valence-corrected chi connectivity index (χ0v) is 57.6. The molecule has 4 saturated heterocycles. The molecule has 0 radical (unpaired) electrons. The van der Waals surface area contributed by atoms with Crippen LogP contribution in [-0.2, 0) is 123 Å². The maximum absolute atomic E-state index is 15.3. The van der Waals surface area contributed by atoms with E-state index >= 15 is 8.42 Å². The fourth-order valence-electron chi connectivity index (χ4n) is 12.8. The first-order valence-electron chi connectivity index (χ1n) is 33.7. The topological polar surface area (TPSA) is 268 Å². The lowest BCUT2D eigenvalue weighted by Crippen LogP contribution is -2.71. The van der Waals surface area contributed by atoms with Gasteiger partial charge >= 0.3 is 12.1 Å². The molecule has 0 bridgehead atoms. The highest BCUT2D eigenvalue weighted by Gasteiger charge is 2.61. The SMILES string of the molecule is CC[Si](CC)(CC)O[C@@H]1[C@@H](NS(=O)(=O)c2ccccc2)[C@H](O[C@H]2[C@@H](O)[C@@H](COCc3ccccc3)O[C@@H](O[C@H]3[C@H](OCc4ccccc4)C=CO[C@@H]3COCc3ccccc3)[C@@H]2O)O[C@H](COCc2ccccc2)[C@H]1O[C@@H]1O[C@H](COCc2ccccc2)[C@@H]2OC(=O)O[C@@H]2[C@H]1OC(C)=O. The number of carbonyl (C=O) groups excluding carboxylic acids is 2. The molecule has 99 heavy (non-hydrogen) atoms. The summed E-state index contributed by atoms with van der Waals surface area (Å²) in [4.78, 5) is 26.4. The maximum atomic E-state index is 15.3. The smallest absolute Gasteiger partial charge is 0.493 e. The number of sulfonamides is 1. The molecule has 0 aromatic heterocycles. The largest absolute Gasteiger partial charge is 0.509 e. The molecule has 6 aromatic carbocycles. The van der Waals surface area contributed by atoms with Crippen molar-refractivity contribution in [2.75, 3.05) is 26.4 Å². The van der Waals surface area contributed by atoms with Crippen LogP contribution in [0.3, 0.4) is 0 Å². The molecular formula is C74H89NO22SSi. The highest BCUT2D eigenvalue weighted by atomic mass is 32.2. The van der Waals surface area contributed by atoms with E-state index in [1.807, 2.05) is 172 Å². The number of nitrogens with one attached hydrogen (secondary N) is 1. The predicted molar refractivity (Wildman–Crippen MR) is 359 cm³/mol. The van der Waals surface area contributed by atoms with Gasteiger partial charge in [0.15, 0.2) is 51.6 Å². The third-order valence-electron chi connectivity index (χ3n) is 18.3. The van der Waals surface area contributed by atoms with E-state index in [2.05, 4.69) is 4.72 Å². The summed E-state index contributed by atoms with van der Waals surface area (Å²) < 4.78 is 139. The minimum atomic E-state index is -4.62. The van der Waals surface area contributed by atoms with Crippen LogP contribution in [0.4, 0.5) is 4.79 Å². The highest BCUT2D eigenvalue weighted by molar-refractivity contribution is 7.89. The standard InChI is InChI=1S/C74H89NO22SSi/c1-5-99(6-2,7-3)97-67-61(75-98(80,81)55-36-24-13-25-37-55)71(90-59(47-84-42-52-30-18-10-19-31-52)65(67)93-73-70(88-49(4)76)69-66(95-74(79)96-69)60(91-73)48-85-43-53-32-20-11-21-33-53)94-68-62(77)57(45-82-40-50-26-14-8-15-27-50)89-72(63(68)78)92-64-56(87-44-54-34-22-12-23-35-54)38-39-86-58(64)46-83-41-51-28-16-9-17-29-51/h8-39,56-73,75,77-78H,5-7,40-48H2,1-4H3/t56-,57-,58-,59-,60-,61-,62+,63-,64+,65-,66+,67-,68+,69+,70-,71+,72+,73+/m1/s1. The van der Waals surface area contributed by atoms with Crippen LogP contribution in [0.15, 0.2) is 199 Å². The van der Waals surface area contributed by atoms with E-state index in [0.717, 1.165) is 27.8 Å². The maximum Gasteiger partial charge on any atom is 0.509 e. The number of aliphatic hydroxyl groups excluding tert-OH is 2. The number of aliphatic hydroxyl groups is 2. The highest BCUT2D eigenvalue weighted by Crippen LogP contribution is 2.41. The van der Waals surface area contributed by atoms with Crippen molar-refractivity contribution in [1.82, 2.24) is 4.72 Å². The Labute approximate surface area is 578 Å². The third-order valence-corrected chi connectivity index (χ3v) is 24.4. The molecule has 0 aliphatic carbocycles. The summed E-state index contributed by atoms with van der Waals surface area (Å²) in [6.07, 6.45) is -21.6. The van der Waals surface area contributed by atoms with Crippen LogP contribution in [0, 0.1) is 0 Å². The molecule has 3 N–H and O–H groups in total. The molecule has 18 atom stereocenters. The average Bonchev–Trinajstić information content (AvgIpc) is 1.49.